The number of imide groups is 1. The average Bonchev–Trinajstić information content (AvgIpc) is 2.73. The lowest BCUT2D eigenvalue weighted by molar-refractivity contribution is -0.112. The number of carbonyl (C=O) groups excluding carboxylic acids is 2. The van der Waals surface area contributed by atoms with Crippen LogP contribution in [0.5, 0.6) is 0 Å². The highest BCUT2D eigenvalue weighted by Gasteiger charge is 2.35. The summed E-state index contributed by atoms with van der Waals surface area (Å²) in [6.07, 6.45) is 1.68. The molecule has 0 saturated carbocycles. The summed E-state index contributed by atoms with van der Waals surface area (Å²) >= 11 is 0. The Bertz CT molecular complexity index is 1160. The fourth-order valence-electron chi connectivity index (χ4n) is 3.31. The van der Waals surface area contributed by atoms with Gasteiger partial charge in [-0.15, -0.1) is 0 Å². The Labute approximate surface area is 167 Å². The maximum Gasteiger partial charge on any atom is 0.335 e. The molecule has 1 N–H and O–H groups in total. The highest BCUT2D eigenvalue weighted by molar-refractivity contribution is 6.43. The van der Waals surface area contributed by atoms with Gasteiger partial charge in [0.1, 0.15) is 0 Å². The van der Waals surface area contributed by atoms with Gasteiger partial charge in [-0.25, -0.2) is 9.69 Å². The van der Waals surface area contributed by atoms with E-state index in [1.54, 1.807) is 54.6 Å². The van der Waals surface area contributed by atoms with E-state index in [1.807, 2.05) is 19.1 Å². The predicted octanol–water partition coefficient (Wildman–Crippen LogP) is 4.42. The highest BCUT2D eigenvalue weighted by atomic mass is 16.4. The van der Waals surface area contributed by atoms with Crippen LogP contribution in [-0.4, -0.2) is 22.9 Å². The van der Waals surface area contributed by atoms with Crippen LogP contribution in [0.3, 0.4) is 0 Å². The first-order chi connectivity index (χ1) is 14.0. The number of carboxylic acid groups (broad SMARTS) is 1. The van der Waals surface area contributed by atoms with Gasteiger partial charge in [0.15, 0.2) is 0 Å². The molecule has 0 spiro atoms. The molecular formula is C24H17NO4. The number of hydrogen-bond acceptors (Lipinski definition) is 3. The van der Waals surface area contributed by atoms with Gasteiger partial charge in [0.05, 0.1) is 11.3 Å². The van der Waals surface area contributed by atoms with E-state index in [0.717, 1.165) is 5.56 Å². The zero-order chi connectivity index (χ0) is 20.5. The molecule has 2 amide bonds. The molecule has 0 atom stereocenters. The Kier molecular flexibility index (Phi) is 4.56. The van der Waals surface area contributed by atoms with Crippen molar-refractivity contribution >= 4 is 35.1 Å². The number of anilines is 1. The second kappa shape index (κ2) is 7.20. The summed E-state index contributed by atoms with van der Waals surface area (Å²) in [7, 11) is 0. The minimum Gasteiger partial charge on any atom is -0.478 e. The van der Waals surface area contributed by atoms with Crippen molar-refractivity contribution in [2.75, 3.05) is 4.90 Å². The predicted molar refractivity (Wildman–Crippen MR) is 111 cm³/mol. The summed E-state index contributed by atoms with van der Waals surface area (Å²) in [4.78, 5) is 38.6. The van der Waals surface area contributed by atoms with Crippen molar-refractivity contribution in [3.63, 3.8) is 0 Å². The van der Waals surface area contributed by atoms with E-state index in [2.05, 4.69) is 0 Å². The molecule has 1 heterocycles. The molecule has 29 heavy (non-hydrogen) atoms. The molecule has 1 aliphatic heterocycles. The first kappa shape index (κ1) is 18.4. The zero-order valence-corrected chi connectivity index (χ0v) is 15.6. The minimum absolute atomic E-state index is 0.166. The number of hydrogen-bond donors (Lipinski definition) is 1. The third-order valence-electron chi connectivity index (χ3n) is 4.85. The molecule has 3 aromatic carbocycles. The van der Waals surface area contributed by atoms with Crippen LogP contribution in [0.2, 0.25) is 0 Å². The molecule has 0 bridgehead atoms. The third kappa shape index (κ3) is 3.34. The lowest BCUT2D eigenvalue weighted by Crippen LogP contribution is -2.41. The number of fused-ring (bicyclic) bond motifs is 1. The standard InChI is InChI=1S/C24H17NO4/c1-15-6-12-18(13-7-15)25-22(26)20-5-3-2-4-19(20)21(23(25)27)14-16-8-10-17(11-9-16)24(28)29/h2-14H,1H3,(H,28,29). The fourth-order valence-corrected chi connectivity index (χ4v) is 3.31. The molecule has 0 radical (unpaired) electrons. The number of amides is 2. The van der Waals surface area contributed by atoms with Gasteiger partial charge in [0.2, 0.25) is 0 Å². The van der Waals surface area contributed by atoms with E-state index >= 15 is 0 Å². The van der Waals surface area contributed by atoms with E-state index in [4.69, 9.17) is 5.11 Å². The van der Waals surface area contributed by atoms with Crippen molar-refractivity contribution in [2.24, 2.45) is 0 Å². The second-order valence-corrected chi connectivity index (χ2v) is 6.81. The van der Waals surface area contributed by atoms with Crippen LogP contribution in [0.4, 0.5) is 5.69 Å². The molecule has 5 heteroatoms. The fraction of sp³-hybridized carbons (Fsp3) is 0.0417. The van der Waals surface area contributed by atoms with Crippen molar-refractivity contribution in [1.82, 2.24) is 0 Å². The van der Waals surface area contributed by atoms with Crippen LogP contribution in [0.25, 0.3) is 11.6 Å². The van der Waals surface area contributed by atoms with Gasteiger partial charge in [-0.2, -0.15) is 0 Å². The zero-order valence-electron chi connectivity index (χ0n) is 15.6. The minimum atomic E-state index is -1.01. The van der Waals surface area contributed by atoms with Gasteiger partial charge in [0, 0.05) is 11.1 Å². The summed E-state index contributed by atoms with van der Waals surface area (Å²) in [6.45, 7) is 1.94. The summed E-state index contributed by atoms with van der Waals surface area (Å²) in [5.74, 6) is -1.80. The maximum absolute atomic E-state index is 13.3. The smallest absolute Gasteiger partial charge is 0.335 e. The summed E-state index contributed by atoms with van der Waals surface area (Å²) in [5, 5.41) is 9.07. The van der Waals surface area contributed by atoms with Gasteiger partial charge in [-0.3, -0.25) is 9.59 Å². The van der Waals surface area contributed by atoms with Crippen LogP contribution >= 0.6 is 0 Å². The van der Waals surface area contributed by atoms with Crippen molar-refractivity contribution in [1.29, 1.82) is 0 Å². The Morgan fingerprint density at radius 2 is 1.45 bits per heavy atom. The SMILES string of the molecule is Cc1ccc(N2C(=O)C(=Cc3ccc(C(=O)O)cc3)c3ccccc3C2=O)cc1. The van der Waals surface area contributed by atoms with Gasteiger partial charge < -0.3 is 5.11 Å². The van der Waals surface area contributed by atoms with Crippen molar-refractivity contribution in [3.05, 3.63) is 101 Å². The van der Waals surface area contributed by atoms with E-state index in [-0.39, 0.29) is 11.5 Å². The molecule has 1 aliphatic rings. The number of carbonyl (C=O) groups is 3. The number of aryl methyl sites for hydroxylation is 1. The summed E-state index contributed by atoms with van der Waals surface area (Å²) in [5.41, 5.74) is 3.76. The van der Waals surface area contributed by atoms with Crippen LogP contribution in [0, 0.1) is 6.92 Å². The van der Waals surface area contributed by atoms with Crippen molar-refractivity contribution < 1.29 is 19.5 Å². The lowest BCUT2D eigenvalue weighted by atomic mass is 9.91. The topological polar surface area (TPSA) is 74.7 Å². The van der Waals surface area contributed by atoms with Gasteiger partial charge in [0.25, 0.3) is 11.8 Å². The van der Waals surface area contributed by atoms with Crippen molar-refractivity contribution in [3.8, 4) is 0 Å². The molecule has 0 fully saturated rings. The van der Waals surface area contributed by atoms with Crippen LogP contribution in [0.1, 0.15) is 37.4 Å². The van der Waals surface area contributed by atoms with Crippen LogP contribution < -0.4 is 4.90 Å². The van der Waals surface area contributed by atoms with E-state index < -0.39 is 11.9 Å². The van der Waals surface area contributed by atoms with Gasteiger partial charge in [-0.1, -0.05) is 48.0 Å². The Morgan fingerprint density at radius 1 is 0.828 bits per heavy atom. The molecule has 142 valence electrons. The summed E-state index contributed by atoms with van der Waals surface area (Å²) < 4.78 is 0. The number of aromatic carboxylic acids is 1. The molecule has 4 rings (SSSR count). The number of nitrogens with zero attached hydrogens (tertiary/aromatic N) is 1. The molecule has 5 nitrogen and oxygen atoms in total. The molecular weight excluding hydrogens is 366 g/mol. The molecule has 3 aromatic rings. The number of rotatable bonds is 3. The molecule has 0 aromatic heterocycles. The largest absolute Gasteiger partial charge is 0.478 e. The van der Waals surface area contributed by atoms with Crippen LogP contribution in [-0.2, 0) is 4.79 Å². The van der Waals surface area contributed by atoms with Crippen LogP contribution in [0.15, 0.2) is 72.8 Å². The summed E-state index contributed by atoms with van der Waals surface area (Å²) in [6, 6.07) is 20.4. The van der Waals surface area contributed by atoms with E-state index in [9.17, 15) is 14.4 Å². The first-order valence-electron chi connectivity index (χ1n) is 9.05. The van der Waals surface area contributed by atoms with Crippen molar-refractivity contribution in [2.45, 2.75) is 6.92 Å². The van der Waals surface area contributed by atoms with Gasteiger partial charge >= 0.3 is 5.97 Å². The van der Waals surface area contributed by atoms with E-state index in [0.29, 0.717) is 28.0 Å². The normalized spacial score (nSPS) is 14.8. The molecule has 0 unspecified atom stereocenters. The van der Waals surface area contributed by atoms with E-state index in [1.165, 1.54) is 17.0 Å². The molecule has 0 aliphatic carbocycles. The quantitative estimate of drug-likeness (QED) is 0.537. The highest BCUT2D eigenvalue weighted by Crippen LogP contribution is 2.33. The van der Waals surface area contributed by atoms with Gasteiger partial charge in [-0.05, 0) is 54.5 Å². The lowest BCUT2D eigenvalue weighted by Gasteiger charge is -2.28. The Morgan fingerprint density at radius 3 is 2.07 bits per heavy atom. The maximum atomic E-state index is 13.3. The Hall–Kier alpha value is -3.99. The molecule has 0 saturated heterocycles. The number of benzene rings is 3. The number of carboxylic acids is 1. The average molecular weight is 383 g/mol. The Balaban J connectivity index is 1.84. The first-order valence-corrected chi connectivity index (χ1v) is 9.05. The second-order valence-electron chi connectivity index (χ2n) is 6.81. The monoisotopic (exact) mass is 383 g/mol. The third-order valence-corrected chi connectivity index (χ3v) is 4.85.